The predicted octanol–water partition coefficient (Wildman–Crippen LogP) is 1.57. The maximum absolute atomic E-state index is 14.2. The van der Waals surface area contributed by atoms with Crippen molar-refractivity contribution in [1.29, 1.82) is 0 Å². The summed E-state index contributed by atoms with van der Waals surface area (Å²) in [7, 11) is 1.46. The molecular weight excluding hydrogens is 327 g/mol. The van der Waals surface area contributed by atoms with Gasteiger partial charge in [-0.1, -0.05) is 0 Å². The smallest absolute Gasteiger partial charge is 0.325 e. The number of anilines is 1. The highest BCUT2D eigenvalue weighted by Crippen LogP contribution is 2.28. The van der Waals surface area contributed by atoms with Crippen LogP contribution in [0.4, 0.5) is 10.3 Å². The number of rotatable bonds is 5. The monoisotopic (exact) mass is 346 g/mol. The molecule has 1 fully saturated rings. The molecule has 1 unspecified atom stereocenters. The second-order valence-corrected chi connectivity index (χ2v) is 5.70. The Hall–Kier alpha value is -2.74. The summed E-state index contributed by atoms with van der Waals surface area (Å²) in [6.45, 7) is 2.07. The molecule has 25 heavy (non-hydrogen) atoms. The third-order valence-corrected chi connectivity index (χ3v) is 4.25. The first-order valence-corrected chi connectivity index (χ1v) is 7.92. The van der Waals surface area contributed by atoms with E-state index in [0.717, 1.165) is 0 Å². The Morgan fingerprint density at radius 2 is 1.92 bits per heavy atom. The molecule has 0 saturated carbocycles. The zero-order chi connectivity index (χ0) is 17.8. The average Bonchev–Trinajstić information content (AvgIpc) is 2.64. The first kappa shape index (κ1) is 17.1. The van der Waals surface area contributed by atoms with E-state index < -0.39 is 17.8 Å². The second-order valence-electron chi connectivity index (χ2n) is 5.70. The summed E-state index contributed by atoms with van der Waals surface area (Å²) in [6, 6.07) is 4.83. The number of aliphatic carboxylic acids is 1. The van der Waals surface area contributed by atoms with Crippen LogP contribution in [0.1, 0.15) is 11.6 Å². The van der Waals surface area contributed by atoms with Crippen molar-refractivity contribution >= 4 is 11.9 Å². The van der Waals surface area contributed by atoms with Crippen molar-refractivity contribution in [3.63, 3.8) is 0 Å². The number of carboxylic acids is 1. The van der Waals surface area contributed by atoms with Crippen LogP contribution in [0, 0.1) is 5.82 Å². The molecule has 7 nitrogen and oxygen atoms in total. The number of carbonyl (C=O) groups is 1. The SMILES string of the molecule is COc1ccc(F)c(C(C(=O)O)N2CCN(c3ncccn3)CC2)c1. The molecule has 0 bridgehead atoms. The number of piperazine rings is 1. The van der Waals surface area contributed by atoms with E-state index in [4.69, 9.17) is 4.74 Å². The fraction of sp³-hybridized carbons (Fsp3) is 0.353. The Labute approximate surface area is 144 Å². The van der Waals surface area contributed by atoms with Crippen molar-refractivity contribution in [3.8, 4) is 5.75 Å². The first-order chi connectivity index (χ1) is 12.1. The molecule has 132 valence electrons. The number of nitrogens with zero attached hydrogens (tertiary/aromatic N) is 4. The zero-order valence-corrected chi connectivity index (χ0v) is 13.8. The minimum Gasteiger partial charge on any atom is -0.497 e. The molecule has 2 heterocycles. The predicted molar refractivity (Wildman–Crippen MR) is 89.1 cm³/mol. The van der Waals surface area contributed by atoms with Crippen LogP contribution < -0.4 is 9.64 Å². The maximum Gasteiger partial charge on any atom is 0.325 e. The number of methoxy groups -OCH3 is 1. The van der Waals surface area contributed by atoms with E-state index in [0.29, 0.717) is 37.9 Å². The highest BCUT2D eigenvalue weighted by Gasteiger charge is 2.33. The molecule has 1 aromatic heterocycles. The number of carboxylic acid groups (broad SMARTS) is 1. The Morgan fingerprint density at radius 3 is 2.52 bits per heavy atom. The number of hydrogen-bond donors (Lipinski definition) is 1. The average molecular weight is 346 g/mol. The summed E-state index contributed by atoms with van der Waals surface area (Å²) < 4.78 is 19.3. The van der Waals surface area contributed by atoms with Crippen LogP contribution in [0.5, 0.6) is 5.75 Å². The number of ether oxygens (including phenoxy) is 1. The molecule has 0 aliphatic carbocycles. The van der Waals surface area contributed by atoms with Gasteiger partial charge in [-0.3, -0.25) is 9.69 Å². The van der Waals surface area contributed by atoms with Crippen molar-refractivity contribution in [2.75, 3.05) is 38.2 Å². The third-order valence-electron chi connectivity index (χ3n) is 4.25. The van der Waals surface area contributed by atoms with E-state index in [-0.39, 0.29) is 5.56 Å². The Bertz CT molecular complexity index is 736. The molecular formula is C17H19FN4O3. The van der Waals surface area contributed by atoms with Gasteiger partial charge in [0.15, 0.2) is 0 Å². The van der Waals surface area contributed by atoms with Gasteiger partial charge in [-0.25, -0.2) is 14.4 Å². The van der Waals surface area contributed by atoms with Crippen molar-refractivity contribution in [1.82, 2.24) is 14.9 Å². The lowest BCUT2D eigenvalue weighted by atomic mass is 10.0. The number of aromatic nitrogens is 2. The summed E-state index contributed by atoms with van der Waals surface area (Å²) in [5.74, 6) is -0.598. The van der Waals surface area contributed by atoms with Crippen LogP contribution in [0.25, 0.3) is 0 Å². The molecule has 1 N–H and O–H groups in total. The van der Waals surface area contributed by atoms with Gasteiger partial charge < -0.3 is 14.7 Å². The van der Waals surface area contributed by atoms with Gasteiger partial charge in [-0.2, -0.15) is 0 Å². The largest absolute Gasteiger partial charge is 0.497 e. The quantitative estimate of drug-likeness (QED) is 0.880. The Kier molecular flexibility index (Phi) is 5.08. The molecule has 0 amide bonds. The van der Waals surface area contributed by atoms with Crippen molar-refractivity contribution in [2.24, 2.45) is 0 Å². The van der Waals surface area contributed by atoms with E-state index in [2.05, 4.69) is 9.97 Å². The third kappa shape index (κ3) is 3.69. The van der Waals surface area contributed by atoms with Crippen LogP contribution >= 0.6 is 0 Å². The standard InChI is InChI=1S/C17H19FN4O3/c1-25-12-3-4-14(18)13(11-12)15(16(23)24)21-7-9-22(10-8-21)17-19-5-2-6-20-17/h2-6,11,15H,7-10H2,1H3,(H,23,24). The lowest BCUT2D eigenvalue weighted by molar-refractivity contribution is -0.143. The minimum atomic E-state index is -1.09. The van der Waals surface area contributed by atoms with Crippen LogP contribution in [0.15, 0.2) is 36.7 Å². The van der Waals surface area contributed by atoms with E-state index in [9.17, 15) is 14.3 Å². The van der Waals surface area contributed by atoms with Crippen LogP contribution in [0.3, 0.4) is 0 Å². The topological polar surface area (TPSA) is 78.8 Å². The fourth-order valence-corrected chi connectivity index (χ4v) is 2.98. The summed E-state index contributed by atoms with van der Waals surface area (Å²) in [4.78, 5) is 24.0. The summed E-state index contributed by atoms with van der Waals surface area (Å²) in [6.07, 6.45) is 3.33. The number of halogens is 1. The molecule has 1 saturated heterocycles. The Balaban J connectivity index is 1.78. The van der Waals surface area contributed by atoms with Crippen molar-refractivity contribution in [2.45, 2.75) is 6.04 Å². The molecule has 2 aromatic rings. The van der Waals surface area contributed by atoms with Gasteiger partial charge in [0.25, 0.3) is 0 Å². The first-order valence-electron chi connectivity index (χ1n) is 7.92. The van der Waals surface area contributed by atoms with Crippen molar-refractivity contribution in [3.05, 3.63) is 48.0 Å². The van der Waals surface area contributed by atoms with E-state index in [1.807, 2.05) is 4.90 Å². The lowest BCUT2D eigenvalue weighted by Crippen LogP contribution is -2.49. The summed E-state index contributed by atoms with van der Waals surface area (Å²) in [5.41, 5.74) is 0.108. The molecule has 1 aliphatic heterocycles. The van der Waals surface area contributed by atoms with Crippen LogP contribution in [-0.4, -0.2) is 59.2 Å². The van der Waals surface area contributed by atoms with Gasteiger partial charge >= 0.3 is 5.97 Å². The van der Waals surface area contributed by atoms with Gasteiger partial charge in [0.2, 0.25) is 5.95 Å². The highest BCUT2D eigenvalue weighted by atomic mass is 19.1. The minimum absolute atomic E-state index is 0.108. The van der Waals surface area contributed by atoms with Gasteiger partial charge in [-0.15, -0.1) is 0 Å². The molecule has 8 heteroatoms. The zero-order valence-electron chi connectivity index (χ0n) is 13.8. The molecule has 3 rings (SSSR count). The normalized spacial score (nSPS) is 16.5. The maximum atomic E-state index is 14.2. The molecule has 0 spiro atoms. The van der Waals surface area contributed by atoms with Crippen LogP contribution in [-0.2, 0) is 4.79 Å². The second kappa shape index (κ2) is 7.43. The van der Waals surface area contributed by atoms with Crippen molar-refractivity contribution < 1.29 is 19.0 Å². The Morgan fingerprint density at radius 1 is 1.24 bits per heavy atom. The van der Waals surface area contributed by atoms with Crippen LogP contribution in [0.2, 0.25) is 0 Å². The summed E-state index contributed by atoms with van der Waals surface area (Å²) >= 11 is 0. The number of hydrogen-bond acceptors (Lipinski definition) is 6. The van der Waals surface area contributed by atoms with E-state index >= 15 is 0 Å². The summed E-state index contributed by atoms with van der Waals surface area (Å²) in [5, 5.41) is 9.66. The van der Waals surface area contributed by atoms with Gasteiger partial charge in [-0.05, 0) is 24.3 Å². The molecule has 1 aliphatic rings. The molecule has 0 radical (unpaired) electrons. The lowest BCUT2D eigenvalue weighted by Gasteiger charge is -2.37. The van der Waals surface area contributed by atoms with Gasteiger partial charge in [0.05, 0.1) is 7.11 Å². The molecule has 1 atom stereocenters. The molecule has 1 aromatic carbocycles. The highest BCUT2D eigenvalue weighted by molar-refractivity contribution is 5.76. The van der Waals surface area contributed by atoms with E-state index in [1.165, 1.54) is 25.3 Å². The van der Waals surface area contributed by atoms with Gasteiger partial charge in [0.1, 0.15) is 17.6 Å². The fourth-order valence-electron chi connectivity index (χ4n) is 2.98. The number of benzene rings is 1. The van der Waals surface area contributed by atoms with Gasteiger partial charge in [0, 0.05) is 44.1 Å². The van der Waals surface area contributed by atoms with E-state index in [1.54, 1.807) is 23.4 Å².